The number of rotatable bonds is 18. The zero-order valence-electron chi connectivity index (χ0n) is 23.1. The second-order valence-corrected chi connectivity index (χ2v) is 9.01. The predicted molar refractivity (Wildman–Crippen MR) is 148 cm³/mol. The Labute approximate surface area is 237 Å². The molecule has 0 bridgehead atoms. The quantitative estimate of drug-likeness (QED) is 0.148. The number of nitrogens with zero attached hydrogens (tertiary/aromatic N) is 2. The number of aryl methyl sites for hydroxylation is 1. The Kier molecular flexibility index (Phi) is 13.4. The molecule has 1 aromatic carbocycles. The van der Waals surface area contributed by atoms with Crippen LogP contribution in [0.25, 0.3) is 10.9 Å². The fraction of sp³-hybridized carbons (Fsp3) is 0.536. The van der Waals surface area contributed by atoms with Gasteiger partial charge < -0.3 is 29.0 Å². The van der Waals surface area contributed by atoms with Gasteiger partial charge in [0.25, 0.3) is 5.56 Å². The molecule has 0 saturated carbocycles. The number of hydrogen-bond donors (Lipinski definition) is 2. The molecule has 1 atom stereocenters. The van der Waals surface area contributed by atoms with Crippen LogP contribution in [0.15, 0.2) is 23.0 Å². The van der Waals surface area contributed by atoms with Crippen molar-refractivity contribution in [2.75, 3.05) is 71.4 Å². The second kappa shape index (κ2) is 17.2. The molecule has 13 nitrogen and oxygen atoms in total. The Hall–Kier alpha value is -3.67. The minimum Gasteiger partial charge on any atom is -0.379 e. The number of fused-ring (bicyclic) bond motifs is 1. The molecule has 2 aromatic rings. The van der Waals surface area contributed by atoms with Gasteiger partial charge in [0, 0.05) is 6.42 Å². The minimum absolute atomic E-state index is 0.0968. The van der Waals surface area contributed by atoms with Gasteiger partial charge in [0.2, 0.25) is 17.7 Å². The lowest BCUT2D eigenvalue weighted by atomic mass is 10.1. The maximum absolute atomic E-state index is 13.2. The van der Waals surface area contributed by atoms with Gasteiger partial charge in [0.15, 0.2) is 0 Å². The zero-order valence-corrected chi connectivity index (χ0v) is 23.1. The average molecular weight is 573 g/mol. The van der Waals surface area contributed by atoms with Crippen molar-refractivity contribution < 1.29 is 38.1 Å². The lowest BCUT2D eigenvalue weighted by Crippen LogP contribution is -2.45. The highest BCUT2D eigenvalue weighted by atomic mass is 16.6. The second-order valence-electron chi connectivity index (χ2n) is 9.01. The third kappa shape index (κ3) is 10.0. The molecule has 1 aliphatic rings. The van der Waals surface area contributed by atoms with E-state index in [1.54, 1.807) is 25.1 Å². The number of benzene rings is 1. The number of imide groups is 1. The van der Waals surface area contributed by atoms with Crippen LogP contribution in [0, 0.1) is 19.3 Å². The van der Waals surface area contributed by atoms with Gasteiger partial charge in [-0.05, 0) is 25.5 Å². The smallest absolute Gasteiger partial charge is 0.262 e. The van der Waals surface area contributed by atoms with E-state index in [2.05, 4.69) is 21.5 Å². The van der Waals surface area contributed by atoms with Gasteiger partial charge in [-0.2, -0.15) is 0 Å². The zero-order chi connectivity index (χ0) is 29.5. The number of carbonyl (C=O) groups excluding carboxylic acids is 3. The normalized spacial score (nSPS) is 15.1. The molecule has 13 heteroatoms. The molecule has 1 fully saturated rings. The first kappa shape index (κ1) is 31.9. The van der Waals surface area contributed by atoms with E-state index in [1.807, 2.05) is 0 Å². The van der Waals surface area contributed by atoms with Crippen LogP contribution < -0.4 is 16.2 Å². The van der Waals surface area contributed by atoms with Gasteiger partial charge in [-0.3, -0.25) is 29.1 Å². The Morgan fingerprint density at radius 3 is 2.22 bits per heavy atom. The monoisotopic (exact) mass is 572 g/mol. The van der Waals surface area contributed by atoms with E-state index in [9.17, 15) is 19.2 Å². The molecular weight excluding hydrogens is 536 g/mol. The third-order valence-corrected chi connectivity index (χ3v) is 6.05. The Bertz CT molecular complexity index is 1290. The van der Waals surface area contributed by atoms with Crippen molar-refractivity contribution >= 4 is 34.3 Å². The van der Waals surface area contributed by atoms with Gasteiger partial charge >= 0.3 is 0 Å². The van der Waals surface area contributed by atoms with Crippen LogP contribution in [0.1, 0.15) is 31.1 Å². The average Bonchev–Trinajstić information content (AvgIpc) is 2.94. The molecule has 1 saturated heterocycles. The number of ether oxygens (including phenoxy) is 5. The Balaban J connectivity index is 1.34. The largest absolute Gasteiger partial charge is 0.379 e. The maximum atomic E-state index is 13.2. The molecule has 2 heterocycles. The van der Waals surface area contributed by atoms with Crippen LogP contribution in [-0.2, 0) is 38.1 Å². The number of carbonyl (C=O) groups is 3. The standard InChI is InChI=1S/C28H36N4O9/c1-3-10-37-12-14-39-16-18-41-19-17-40-15-13-38-11-9-25(34)30-22-6-4-5-21-26(22)29-20(2)32(28(21)36)23-7-8-24(33)31-27(23)35/h1,4-6,23H,7-19H2,2H3,(H,30,34)(H,31,33,35). The van der Waals surface area contributed by atoms with E-state index in [0.29, 0.717) is 69.9 Å². The molecule has 0 spiro atoms. The maximum Gasteiger partial charge on any atom is 0.262 e. The summed E-state index contributed by atoms with van der Waals surface area (Å²) < 4.78 is 28.0. The molecule has 3 amide bonds. The molecule has 0 radical (unpaired) electrons. The van der Waals surface area contributed by atoms with Crippen molar-refractivity contribution in [3.05, 3.63) is 34.4 Å². The molecule has 1 aromatic heterocycles. The summed E-state index contributed by atoms with van der Waals surface area (Å²) in [6.07, 6.45) is 5.53. The highest BCUT2D eigenvalue weighted by Gasteiger charge is 2.30. The van der Waals surface area contributed by atoms with E-state index in [4.69, 9.17) is 30.1 Å². The highest BCUT2D eigenvalue weighted by Crippen LogP contribution is 2.23. The minimum atomic E-state index is -0.820. The first-order chi connectivity index (χ1) is 19.9. The van der Waals surface area contributed by atoms with Gasteiger partial charge in [-0.15, -0.1) is 6.42 Å². The number of anilines is 1. The summed E-state index contributed by atoms with van der Waals surface area (Å²) in [5.74, 6) is 1.49. The molecule has 3 rings (SSSR count). The van der Waals surface area contributed by atoms with Gasteiger partial charge in [-0.25, -0.2) is 4.98 Å². The SMILES string of the molecule is C#CCOCCOCCOCCOCCOCCC(=O)Nc1cccc2c(=O)n(C3CCC(=O)NC3=O)c(C)nc12. The van der Waals surface area contributed by atoms with E-state index in [0.717, 1.165) is 0 Å². The summed E-state index contributed by atoms with van der Waals surface area (Å²) in [6.45, 7) is 5.42. The van der Waals surface area contributed by atoms with Crippen LogP contribution in [0.4, 0.5) is 5.69 Å². The summed E-state index contributed by atoms with van der Waals surface area (Å²) in [6, 6.07) is 4.05. The number of terminal acetylenes is 1. The summed E-state index contributed by atoms with van der Waals surface area (Å²) >= 11 is 0. The number of para-hydroxylation sites is 1. The summed E-state index contributed by atoms with van der Waals surface area (Å²) in [4.78, 5) is 54.1. The first-order valence-electron chi connectivity index (χ1n) is 13.4. The van der Waals surface area contributed by atoms with Crippen LogP contribution in [0.3, 0.4) is 0 Å². The number of nitrogens with one attached hydrogen (secondary N) is 2. The first-order valence-corrected chi connectivity index (χ1v) is 13.4. The van der Waals surface area contributed by atoms with Gasteiger partial charge in [-0.1, -0.05) is 12.0 Å². The molecule has 222 valence electrons. The Morgan fingerprint density at radius 2 is 1.61 bits per heavy atom. The van der Waals surface area contributed by atoms with Crippen LogP contribution in [-0.4, -0.2) is 93.3 Å². The summed E-state index contributed by atoms with van der Waals surface area (Å²) in [5, 5.41) is 5.30. The molecular formula is C28H36N4O9. The number of piperidine rings is 1. The van der Waals surface area contributed by atoms with Crippen LogP contribution >= 0.6 is 0 Å². The summed E-state index contributed by atoms with van der Waals surface area (Å²) in [5.41, 5.74) is 0.292. The molecule has 0 aliphatic carbocycles. The highest BCUT2D eigenvalue weighted by molar-refractivity contribution is 6.01. The van der Waals surface area contributed by atoms with Crippen LogP contribution in [0.5, 0.6) is 0 Å². The molecule has 2 N–H and O–H groups in total. The van der Waals surface area contributed by atoms with Crippen LogP contribution in [0.2, 0.25) is 0 Å². The van der Waals surface area contributed by atoms with Crippen molar-refractivity contribution in [1.29, 1.82) is 0 Å². The van der Waals surface area contributed by atoms with Crippen molar-refractivity contribution in [2.24, 2.45) is 0 Å². The molecule has 41 heavy (non-hydrogen) atoms. The van der Waals surface area contributed by atoms with E-state index < -0.39 is 17.5 Å². The fourth-order valence-electron chi connectivity index (χ4n) is 4.11. The van der Waals surface area contributed by atoms with Crippen molar-refractivity contribution in [3.8, 4) is 12.3 Å². The van der Waals surface area contributed by atoms with E-state index in [1.165, 1.54) is 4.57 Å². The van der Waals surface area contributed by atoms with Gasteiger partial charge in [0.1, 0.15) is 24.0 Å². The van der Waals surface area contributed by atoms with Crippen molar-refractivity contribution in [2.45, 2.75) is 32.2 Å². The predicted octanol–water partition coefficient (Wildman–Crippen LogP) is 0.727. The van der Waals surface area contributed by atoms with E-state index >= 15 is 0 Å². The third-order valence-electron chi connectivity index (χ3n) is 6.05. The van der Waals surface area contributed by atoms with E-state index in [-0.39, 0.29) is 49.7 Å². The van der Waals surface area contributed by atoms with Gasteiger partial charge in [0.05, 0.1) is 77.0 Å². The lowest BCUT2D eigenvalue weighted by molar-refractivity contribution is -0.135. The lowest BCUT2D eigenvalue weighted by Gasteiger charge is -2.24. The topological polar surface area (TPSA) is 156 Å². The number of hydrogen-bond acceptors (Lipinski definition) is 10. The number of aromatic nitrogens is 2. The molecule has 1 aliphatic heterocycles. The summed E-state index contributed by atoms with van der Waals surface area (Å²) in [7, 11) is 0. The van der Waals surface area contributed by atoms with Crippen molar-refractivity contribution in [1.82, 2.24) is 14.9 Å². The Morgan fingerprint density at radius 1 is 1.00 bits per heavy atom. The number of amides is 3. The fourth-order valence-corrected chi connectivity index (χ4v) is 4.11. The van der Waals surface area contributed by atoms with Crippen molar-refractivity contribution in [3.63, 3.8) is 0 Å². The molecule has 1 unspecified atom stereocenters.